The summed E-state index contributed by atoms with van der Waals surface area (Å²) in [5.41, 5.74) is -0.0367. The number of aromatic carboxylic acids is 1. The topological polar surface area (TPSA) is 66.8 Å². The number of unbranched alkanes of at least 4 members (excludes halogenated alkanes) is 7. The molecule has 0 radical (unpaired) electrons. The predicted molar refractivity (Wildman–Crippen MR) is 109 cm³/mol. The number of aromatic hydroxyl groups is 1. The molecule has 0 atom stereocenters. The smallest absolute Gasteiger partial charge is 0.336 e. The lowest BCUT2D eigenvalue weighted by molar-refractivity contribution is 0.0697. The number of carboxylic acids is 1. The number of phenols is 1. The molecule has 0 heterocycles. The lowest BCUT2D eigenvalue weighted by atomic mass is 9.97. The summed E-state index contributed by atoms with van der Waals surface area (Å²) < 4.78 is 20.4. The number of rotatable bonds is 12. The average Bonchev–Trinajstić information content (AvgIpc) is 2.69. The van der Waals surface area contributed by atoms with Crippen molar-refractivity contribution < 1.29 is 24.1 Å². The molecule has 4 nitrogen and oxygen atoms in total. The number of benzene rings is 2. The van der Waals surface area contributed by atoms with Gasteiger partial charge in [-0.05, 0) is 24.6 Å². The normalized spacial score (nSPS) is 10.8. The molecule has 0 bridgehead atoms. The van der Waals surface area contributed by atoms with E-state index in [1.54, 1.807) is 24.3 Å². The van der Waals surface area contributed by atoms with E-state index < -0.39 is 17.5 Å². The van der Waals surface area contributed by atoms with Crippen molar-refractivity contribution in [3.63, 3.8) is 0 Å². The quantitative estimate of drug-likeness (QED) is 0.412. The van der Waals surface area contributed by atoms with E-state index in [4.69, 9.17) is 4.74 Å². The van der Waals surface area contributed by atoms with Crippen LogP contribution in [0.25, 0.3) is 11.1 Å². The molecule has 0 fully saturated rings. The molecule has 0 saturated heterocycles. The molecule has 28 heavy (non-hydrogen) atoms. The molecular formula is C23H29FO4. The van der Waals surface area contributed by atoms with Gasteiger partial charge < -0.3 is 14.9 Å². The van der Waals surface area contributed by atoms with E-state index in [0.29, 0.717) is 17.9 Å². The maximum Gasteiger partial charge on any atom is 0.336 e. The van der Waals surface area contributed by atoms with Gasteiger partial charge in [0.15, 0.2) is 11.6 Å². The second kappa shape index (κ2) is 11.3. The highest BCUT2D eigenvalue weighted by molar-refractivity contribution is 5.97. The number of ether oxygens (including phenoxy) is 1. The summed E-state index contributed by atoms with van der Waals surface area (Å²) in [4.78, 5) is 11.5. The van der Waals surface area contributed by atoms with Crippen molar-refractivity contribution >= 4 is 5.97 Å². The second-order valence-electron chi connectivity index (χ2n) is 6.95. The zero-order valence-corrected chi connectivity index (χ0v) is 16.4. The van der Waals surface area contributed by atoms with Crippen LogP contribution in [-0.4, -0.2) is 22.8 Å². The fourth-order valence-electron chi connectivity index (χ4n) is 3.22. The summed E-state index contributed by atoms with van der Waals surface area (Å²) in [6.45, 7) is 2.69. The summed E-state index contributed by atoms with van der Waals surface area (Å²) in [5.74, 6) is -2.38. The SMILES string of the molecule is CCCCCCCCCCOc1ccccc1-c1c(C(=O)O)ccc(O)c1F. The molecule has 0 aromatic heterocycles. The molecule has 2 aromatic carbocycles. The molecule has 0 spiro atoms. The predicted octanol–water partition coefficient (Wildman–Crippen LogP) is 6.42. The van der Waals surface area contributed by atoms with Gasteiger partial charge in [-0.3, -0.25) is 0 Å². The van der Waals surface area contributed by atoms with E-state index in [0.717, 1.165) is 18.9 Å². The molecule has 2 rings (SSSR count). The van der Waals surface area contributed by atoms with Gasteiger partial charge in [-0.1, -0.05) is 70.1 Å². The number of hydrogen-bond donors (Lipinski definition) is 2. The number of hydrogen-bond acceptors (Lipinski definition) is 3. The van der Waals surface area contributed by atoms with Crippen LogP contribution in [0.1, 0.15) is 68.6 Å². The largest absolute Gasteiger partial charge is 0.505 e. The Bertz CT molecular complexity index is 773. The summed E-state index contributed by atoms with van der Waals surface area (Å²) in [7, 11) is 0. The van der Waals surface area contributed by atoms with Crippen LogP contribution in [0.3, 0.4) is 0 Å². The standard InChI is InChI=1S/C23H29FO4/c1-2-3-4-5-6-7-8-11-16-28-20-13-10-9-12-17(20)21-18(23(26)27)14-15-19(25)22(21)24/h9-10,12-15,25H,2-8,11,16H2,1H3,(H,26,27). The minimum Gasteiger partial charge on any atom is -0.505 e. The van der Waals surface area contributed by atoms with Crippen LogP contribution in [0.15, 0.2) is 36.4 Å². The molecular weight excluding hydrogens is 359 g/mol. The lowest BCUT2D eigenvalue weighted by Gasteiger charge is -2.14. The van der Waals surface area contributed by atoms with Crippen LogP contribution in [0.5, 0.6) is 11.5 Å². The van der Waals surface area contributed by atoms with Gasteiger partial charge in [0.2, 0.25) is 0 Å². The Morgan fingerprint density at radius 3 is 2.29 bits per heavy atom. The zero-order chi connectivity index (χ0) is 20.4. The fourth-order valence-corrected chi connectivity index (χ4v) is 3.22. The van der Waals surface area contributed by atoms with Gasteiger partial charge in [-0.15, -0.1) is 0 Å². The highest BCUT2D eigenvalue weighted by Crippen LogP contribution is 2.37. The van der Waals surface area contributed by atoms with Crippen molar-refractivity contribution in [3.8, 4) is 22.6 Å². The lowest BCUT2D eigenvalue weighted by Crippen LogP contribution is -2.04. The Balaban J connectivity index is 2.01. The highest BCUT2D eigenvalue weighted by Gasteiger charge is 2.21. The number of carbonyl (C=O) groups is 1. The minimum absolute atomic E-state index is 0.154. The van der Waals surface area contributed by atoms with Crippen molar-refractivity contribution in [1.29, 1.82) is 0 Å². The molecule has 0 unspecified atom stereocenters. The molecule has 2 aromatic rings. The van der Waals surface area contributed by atoms with E-state index >= 15 is 0 Å². The van der Waals surface area contributed by atoms with E-state index in [2.05, 4.69) is 6.92 Å². The molecule has 2 N–H and O–H groups in total. The van der Waals surface area contributed by atoms with Crippen LogP contribution in [0.2, 0.25) is 0 Å². The fraction of sp³-hybridized carbons (Fsp3) is 0.435. The van der Waals surface area contributed by atoms with Gasteiger partial charge in [0.25, 0.3) is 0 Å². The van der Waals surface area contributed by atoms with E-state index in [1.165, 1.54) is 44.6 Å². The molecule has 0 aliphatic heterocycles. The Kier molecular flexibility index (Phi) is 8.79. The van der Waals surface area contributed by atoms with Crippen LogP contribution in [0.4, 0.5) is 4.39 Å². The minimum atomic E-state index is -1.26. The van der Waals surface area contributed by atoms with Gasteiger partial charge in [0.1, 0.15) is 5.75 Å². The number of para-hydroxylation sites is 1. The monoisotopic (exact) mass is 388 g/mol. The van der Waals surface area contributed by atoms with Crippen molar-refractivity contribution in [3.05, 3.63) is 47.8 Å². The summed E-state index contributed by atoms with van der Waals surface area (Å²) in [5, 5.41) is 19.1. The van der Waals surface area contributed by atoms with Gasteiger partial charge in [0.05, 0.1) is 12.2 Å². The van der Waals surface area contributed by atoms with E-state index in [1.807, 2.05) is 0 Å². The Morgan fingerprint density at radius 2 is 1.61 bits per heavy atom. The van der Waals surface area contributed by atoms with Crippen molar-refractivity contribution in [2.75, 3.05) is 6.61 Å². The van der Waals surface area contributed by atoms with Gasteiger partial charge in [-0.2, -0.15) is 0 Å². The van der Waals surface area contributed by atoms with Gasteiger partial charge in [-0.25, -0.2) is 9.18 Å². The molecule has 0 saturated carbocycles. The van der Waals surface area contributed by atoms with Crippen LogP contribution in [0, 0.1) is 5.82 Å². The Labute approximate surface area is 166 Å². The summed E-state index contributed by atoms with van der Waals surface area (Å²) >= 11 is 0. The maximum absolute atomic E-state index is 14.5. The van der Waals surface area contributed by atoms with Crippen LogP contribution in [-0.2, 0) is 0 Å². The van der Waals surface area contributed by atoms with Crippen LogP contribution >= 0.6 is 0 Å². The third-order valence-corrected chi connectivity index (χ3v) is 4.76. The Hall–Kier alpha value is -2.56. The van der Waals surface area contributed by atoms with Gasteiger partial charge >= 0.3 is 5.97 Å². The number of phenolic OH excluding ortho intramolecular Hbond substituents is 1. The summed E-state index contributed by atoms with van der Waals surface area (Å²) in [6, 6.07) is 8.99. The maximum atomic E-state index is 14.5. The van der Waals surface area contributed by atoms with E-state index in [-0.39, 0.29) is 11.1 Å². The molecule has 0 aliphatic carbocycles. The first kappa shape index (κ1) is 21.7. The Morgan fingerprint density at radius 1 is 0.964 bits per heavy atom. The van der Waals surface area contributed by atoms with Crippen LogP contribution < -0.4 is 4.74 Å². The molecule has 152 valence electrons. The number of carboxylic acid groups (broad SMARTS) is 1. The van der Waals surface area contributed by atoms with Crippen molar-refractivity contribution in [1.82, 2.24) is 0 Å². The second-order valence-corrected chi connectivity index (χ2v) is 6.95. The zero-order valence-electron chi connectivity index (χ0n) is 16.4. The first-order valence-corrected chi connectivity index (χ1v) is 10.0. The third kappa shape index (κ3) is 5.98. The number of halogens is 1. The molecule has 5 heteroatoms. The molecule has 0 aliphatic rings. The van der Waals surface area contributed by atoms with E-state index in [9.17, 15) is 19.4 Å². The average molecular weight is 388 g/mol. The highest BCUT2D eigenvalue weighted by atomic mass is 19.1. The first-order valence-electron chi connectivity index (χ1n) is 10.0. The van der Waals surface area contributed by atoms with Crippen molar-refractivity contribution in [2.24, 2.45) is 0 Å². The van der Waals surface area contributed by atoms with Gasteiger partial charge in [0, 0.05) is 11.1 Å². The summed E-state index contributed by atoms with van der Waals surface area (Å²) in [6.07, 6.45) is 9.45. The third-order valence-electron chi connectivity index (χ3n) is 4.76. The molecule has 0 amide bonds. The van der Waals surface area contributed by atoms with Crippen molar-refractivity contribution in [2.45, 2.75) is 58.3 Å². The first-order chi connectivity index (χ1) is 13.6.